The number of ether oxygens (including phenoxy) is 1. The summed E-state index contributed by atoms with van der Waals surface area (Å²) in [5, 5.41) is 17.9. The summed E-state index contributed by atoms with van der Waals surface area (Å²) < 4.78 is 5.26. The van der Waals surface area contributed by atoms with Gasteiger partial charge in [0.2, 0.25) is 0 Å². The highest BCUT2D eigenvalue weighted by molar-refractivity contribution is 5.85. The SMILES string of the molecule is C/C(=N\OC(=O)OCC1CCCN1)[C@H]1CC[C@H]2[C@@H]3CC[C@@H]4C[C@H](O)CC[C@]4(C)[C@H]3CC[C@]12C. The van der Waals surface area contributed by atoms with Crippen LogP contribution < -0.4 is 5.32 Å². The molecule has 9 atom stereocenters. The number of aliphatic hydroxyl groups is 1. The fourth-order valence-electron chi connectivity index (χ4n) is 9.19. The van der Waals surface area contributed by atoms with Crippen LogP contribution in [0, 0.1) is 40.4 Å². The fourth-order valence-corrected chi connectivity index (χ4v) is 9.19. The van der Waals surface area contributed by atoms with Gasteiger partial charge in [-0.25, -0.2) is 4.79 Å². The summed E-state index contributed by atoms with van der Waals surface area (Å²) in [5.41, 5.74) is 1.61. The third-order valence-electron chi connectivity index (χ3n) is 11.0. The van der Waals surface area contributed by atoms with Gasteiger partial charge in [-0.05, 0) is 119 Å². The molecule has 1 heterocycles. The van der Waals surface area contributed by atoms with Gasteiger partial charge < -0.3 is 15.2 Å². The minimum Gasteiger partial charge on any atom is -0.431 e. The summed E-state index contributed by atoms with van der Waals surface area (Å²) in [5.74, 6) is 3.41. The monoisotopic (exact) mass is 460 g/mol. The molecule has 0 radical (unpaired) electrons. The third-order valence-corrected chi connectivity index (χ3v) is 11.0. The molecular weight excluding hydrogens is 416 g/mol. The number of carbonyl (C=O) groups excluding carboxylic acids is 1. The van der Waals surface area contributed by atoms with Crippen molar-refractivity contribution in [2.75, 3.05) is 13.2 Å². The second kappa shape index (κ2) is 9.14. The van der Waals surface area contributed by atoms with Crippen LogP contribution in [0.3, 0.4) is 0 Å². The Labute approximate surface area is 199 Å². The molecule has 5 fully saturated rings. The minimum atomic E-state index is -0.683. The summed E-state index contributed by atoms with van der Waals surface area (Å²) in [6.07, 6.45) is 12.1. The zero-order chi connectivity index (χ0) is 23.2. The molecule has 0 amide bonds. The number of nitrogens with one attached hydrogen (secondary N) is 1. The summed E-state index contributed by atoms with van der Waals surface area (Å²) in [7, 11) is 0. The van der Waals surface area contributed by atoms with E-state index in [1.807, 2.05) is 6.92 Å². The molecule has 0 aromatic rings. The van der Waals surface area contributed by atoms with Crippen LogP contribution in [0.15, 0.2) is 5.16 Å². The van der Waals surface area contributed by atoms with E-state index in [9.17, 15) is 9.90 Å². The first-order chi connectivity index (χ1) is 15.8. The molecular formula is C27H44N2O4. The molecule has 4 saturated carbocycles. The maximum atomic E-state index is 12.1. The van der Waals surface area contributed by atoms with E-state index < -0.39 is 6.16 Å². The molecule has 4 aliphatic carbocycles. The van der Waals surface area contributed by atoms with E-state index in [1.54, 1.807) is 0 Å². The highest BCUT2D eigenvalue weighted by Gasteiger charge is 2.60. The Balaban J connectivity index is 1.22. The number of carbonyl (C=O) groups is 1. The summed E-state index contributed by atoms with van der Waals surface area (Å²) in [4.78, 5) is 17.2. The smallest absolute Gasteiger partial charge is 0.431 e. The first-order valence-electron chi connectivity index (χ1n) is 13.6. The Hall–Kier alpha value is -1.14. The van der Waals surface area contributed by atoms with E-state index in [0.29, 0.717) is 23.9 Å². The maximum Gasteiger partial charge on any atom is 0.535 e. The lowest BCUT2D eigenvalue weighted by Crippen LogP contribution is -2.54. The van der Waals surface area contributed by atoms with Gasteiger partial charge in [-0.3, -0.25) is 4.84 Å². The number of aliphatic hydroxyl groups excluding tert-OH is 1. The molecule has 186 valence electrons. The van der Waals surface area contributed by atoms with Gasteiger partial charge in [0.25, 0.3) is 0 Å². The molecule has 1 saturated heterocycles. The first-order valence-corrected chi connectivity index (χ1v) is 13.6. The number of oxime groups is 1. The van der Waals surface area contributed by atoms with Gasteiger partial charge in [-0.2, -0.15) is 0 Å². The van der Waals surface area contributed by atoms with Crippen LogP contribution in [-0.4, -0.2) is 42.3 Å². The van der Waals surface area contributed by atoms with Gasteiger partial charge in [0.1, 0.15) is 6.61 Å². The highest BCUT2D eigenvalue weighted by atomic mass is 16.8. The molecule has 0 aromatic carbocycles. The van der Waals surface area contributed by atoms with E-state index in [-0.39, 0.29) is 17.6 Å². The molecule has 5 rings (SSSR count). The molecule has 2 N–H and O–H groups in total. The van der Waals surface area contributed by atoms with Crippen LogP contribution >= 0.6 is 0 Å². The predicted molar refractivity (Wildman–Crippen MR) is 128 cm³/mol. The van der Waals surface area contributed by atoms with E-state index in [2.05, 4.69) is 24.3 Å². The van der Waals surface area contributed by atoms with Crippen molar-refractivity contribution in [1.82, 2.24) is 5.32 Å². The lowest BCUT2D eigenvalue weighted by molar-refractivity contribution is -0.123. The molecule has 1 aliphatic heterocycles. The van der Waals surface area contributed by atoms with Crippen LogP contribution in [0.1, 0.15) is 91.4 Å². The van der Waals surface area contributed by atoms with E-state index in [4.69, 9.17) is 9.57 Å². The molecule has 33 heavy (non-hydrogen) atoms. The second-order valence-electron chi connectivity index (χ2n) is 12.4. The Morgan fingerprint density at radius 2 is 1.82 bits per heavy atom. The van der Waals surface area contributed by atoms with Crippen LogP contribution in [0.25, 0.3) is 0 Å². The number of fused-ring (bicyclic) bond motifs is 5. The Morgan fingerprint density at radius 1 is 1.03 bits per heavy atom. The number of hydrogen-bond donors (Lipinski definition) is 2. The van der Waals surface area contributed by atoms with Crippen molar-refractivity contribution in [1.29, 1.82) is 0 Å². The van der Waals surface area contributed by atoms with E-state index in [0.717, 1.165) is 62.1 Å². The highest BCUT2D eigenvalue weighted by Crippen LogP contribution is 2.67. The van der Waals surface area contributed by atoms with Crippen LogP contribution in [-0.2, 0) is 9.57 Å². The summed E-state index contributed by atoms with van der Waals surface area (Å²) in [6.45, 7) is 8.41. The zero-order valence-electron chi connectivity index (χ0n) is 20.9. The zero-order valence-corrected chi connectivity index (χ0v) is 20.9. The lowest BCUT2D eigenvalue weighted by Gasteiger charge is -2.61. The predicted octanol–water partition coefficient (Wildman–Crippen LogP) is 5.29. The average molecular weight is 461 g/mol. The Bertz CT molecular complexity index is 765. The molecule has 0 aromatic heterocycles. The van der Waals surface area contributed by atoms with Crippen molar-refractivity contribution in [2.45, 2.75) is 104 Å². The third kappa shape index (κ3) is 4.24. The van der Waals surface area contributed by atoms with Gasteiger partial charge in [0, 0.05) is 12.0 Å². The second-order valence-corrected chi connectivity index (χ2v) is 12.4. The van der Waals surface area contributed by atoms with Gasteiger partial charge in [-0.15, -0.1) is 0 Å². The van der Waals surface area contributed by atoms with Crippen LogP contribution in [0.5, 0.6) is 0 Å². The van der Waals surface area contributed by atoms with E-state index in [1.165, 1.54) is 38.5 Å². The number of nitrogens with zero attached hydrogens (tertiary/aromatic N) is 1. The topological polar surface area (TPSA) is 80.2 Å². The standard InChI is InChI=1S/C27H44N2O4/c1-17(29-33-25(31)32-16-19-5-4-14-28-19)22-8-9-23-21-7-6-18-15-20(30)10-12-26(18,2)24(21)11-13-27(22,23)3/h18-24,28,30H,4-16H2,1-3H3/b29-17+/t18-,19?,20-,21+,22-,23+,24+,26+,27-/m1/s1. The molecule has 5 aliphatic rings. The van der Waals surface area contributed by atoms with Crippen molar-refractivity contribution in [3.63, 3.8) is 0 Å². The average Bonchev–Trinajstić information content (AvgIpc) is 3.44. The summed E-state index contributed by atoms with van der Waals surface area (Å²) >= 11 is 0. The van der Waals surface area contributed by atoms with Crippen molar-refractivity contribution >= 4 is 11.9 Å². The van der Waals surface area contributed by atoms with Crippen LogP contribution in [0.2, 0.25) is 0 Å². The van der Waals surface area contributed by atoms with Gasteiger partial charge in [0.15, 0.2) is 0 Å². The molecule has 6 nitrogen and oxygen atoms in total. The number of hydrogen-bond acceptors (Lipinski definition) is 6. The first kappa shape index (κ1) is 23.6. The summed E-state index contributed by atoms with van der Waals surface area (Å²) in [6, 6.07) is 0.247. The Kier molecular flexibility index (Phi) is 6.54. The molecule has 0 spiro atoms. The van der Waals surface area contributed by atoms with E-state index >= 15 is 0 Å². The fraction of sp³-hybridized carbons (Fsp3) is 0.926. The lowest BCUT2D eigenvalue weighted by atomic mass is 9.44. The van der Waals surface area contributed by atoms with Crippen LogP contribution in [0.4, 0.5) is 4.79 Å². The van der Waals surface area contributed by atoms with Gasteiger partial charge >= 0.3 is 6.16 Å². The van der Waals surface area contributed by atoms with Crippen molar-refractivity contribution < 1.29 is 19.5 Å². The van der Waals surface area contributed by atoms with Crippen molar-refractivity contribution in [3.05, 3.63) is 0 Å². The van der Waals surface area contributed by atoms with Crippen molar-refractivity contribution in [2.24, 2.45) is 45.6 Å². The normalized spacial score (nSPS) is 47.4. The van der Waals surface area contributed by atoms with Gasteiger partial charge in [-0.1, -0.05) is 19.0 Å². The molecule has 6 heteroatoms. The maximum absolute atomic E-state index is 12.1. The van der Waals surface area contributed by atoms with Crippen molar-refractivity contribution in [3.8, 4) is 0 Å². The quantitative estimate of drug-likeness (QED) is 0.258. The van der Waals surface area contributed by atoms with Gasteiger partial charge in [0.05, 0.1) is 11.8 Å². The number of rotatable bonds is 4. The minimum absolute atomic E-state index is 0.0793. The largest absolute Gasteiger partial charge is 0.535 e. The molecule has 0 bridgehead atoms. The Morgan fingerprint density at radius 3 is 2.61 bits per heavy atom. The molecule has 1 unspecified atom stereocenters.